The summed E-state index contributed by atoms with van der Waals surface area (Å²) in [6, 6.07) is 6.92. The van der Waals surface area contributed by atoms with Gasteiger partial charge in [-0.15, -0.1) is 0 Å². The number of benzene rings is 1. The Kier molecular flexibility index (Phi) is 5.50. The lowest BCUT2D eigenvalue weighted by Crippen LogP contribution is -2.40. The second-order valence-electron chi connectivity index (χ2n) is 6.78. The Labute approximate surface area is 147 Å². The minimum absolute atomic E-state index is 0.00601. The predicted octanol–water partition coefficient (Wildman–Crippen LogP) is 1.36. The van der Waals surface area contributed by atoms with E-state index in [1.54, 1.807) is 23.1 Å². The van der Waals surface area contributed by atoms with Gasteiger partial charge >= 0.3 is 5.97 Å². The van der Waals surface area contributed by atoms with Gasteiger partial charge in [-0.3, -0.25) is 9.69 Å². The zero-order chi connectivity index (χ0) is 17.8. The van der Waals surface area contributed by atoms with Gasteiger partial charge in [-0.25, -0.2) is 4.79 Å². The summed E-state index contributed by atoms with van der Waals surface area (Å²) >= 11 is 0. The lowest BCUT2D eigenvalue weighted by molar-refractivity contribution is -0.136. The number of rotatable bonds is 4. The third-order valence-corrected chi connectivity index (χ3v) is 4.90. The summed E-state index contributed by atoms with van der Waals surface area (Å²) < 4.78 is 0. The minimum Gasteiger partial charge on any atom is -0.478 e. The molecule has 2 aliphatic rings. The number of amides is 1. The van der Waals surface area contributed by atoms with E-state index >= 15 is 0 Å². The van der Waals surface area contributed by atoms with Crippen LogP contribution in [0.2, 0.25) is 0 Å². The molecule has 0 saturated carbocycles. The number of carboxylic acid groups (broad SMARTS) is 1. The van der Waals surface area contributed by atoms with Crippen molar-refractivity contribution in [1.82, 2.24) is 9.80 Å². The molecule has 1 unspecified atom stereocenters. The summed E-state index contributed by atoms with van der Waals surface area (Å²) in [6.07, 6.45) is 5.00. The molecule has 6 nitrogen and oxygen atoms in total. The van der Waals surface area contributed by atoms with Gasteiger partial charge in [0.25, 0.3) is 0 Å². The van der Waals surface area contributed by atoms with Gasteiger partial charge < -0.3 is 15.1 Å². The first-order valence-corrected chi connectivity index (χ1v) is 8.70. The molecule has 0 bridgehead atoms. The third-order valence-electron chi connectivity index (χ3n) is 4.90. The fraction of sp³-hybridized carbons (Fsp3) is 0.474. The van der Waals surface area contributed by atoms with Crippen LogP contribution in [0.5, 0.6) is 0 Å². The second-order valence-corrected chi connectivity index (χ2v) is 6.78. The number of β-amino-alcohol motifs (C(OH)–C–C–N with tert-alkyl or cyclic N) is 1. The van der Waals surface area contributed by atoms with E-state index in [9.17, 15) is 19.8 Å². The highest BCUT2D eigenvalue weighted by Gasteiger charge is 2.29. The molecule has 0 radical (unpaired) electrons. The monoisotopic (exact) mass is 344 g/mol. The number of carboxylic acids is 1. The molecule has 1 amide bonds. The molecule has 0 aromatic heterocycles. The number of hydrogen-bond acceptors (Lipinski definition) is 4. The minimum atomic E-state index is -0.948. The van der Waals surface area contributed by atoms with Gasteiger partial charge in [0.1, 0.15) is 0 Å². The Balaban J connectivity index is 1.65. The molecule has 1 aliphatic carbocycles. The van der Waals surface area contributed by atoms with Gasteiger partial charge in [0.05, 0.1) is 11.7 Å². The molecule has 1 atom stereocenters. The molecule has 1 aromatic rings. The molecule has 1 saturated heterocycles. The number of hydrogen-bond donors (Lipinski definition) is 2. The molecule has 1 fully saturated rings. The average molecular weight is 344 g/mol. The number of aliphatic hydroxyl groups excluding tert-OH is 1. The molecule has 0 spiro atoms. The highest BCUT2D eigenvalue weighted by atomic mass is 16.4. The van der Waals surface area contributed by atoms with Crippen LogP contribution in [0.25, 0.3) is 0 Å². The average Bonchev–Trinajstić information content (AvgIpc) is 3.06. The van der Waals surface area contributed by atoms with E-state index in [4.69, 9.17) is 0 Å². The van der Waals surface area contributed by atoms with Gasteiger partial charge in [-0.1, -0.05) is 30.4 Å². The van der Waals surface area contributed by atoms with E-state index in [0.29, 0.717) is 32.7 Å². The maximum Gasteiger partial charge on any atom is 0.336 e. The van der Waals surface area contributed by atoms with Crippen molar-refractivity contribution < 1.29 is 19.8 Å². The Morgan fingerprint density at radius 2 is 1.80 bits per heavy atom. The molecule has 1 aromatic carbocycles. The smallest absolute Gasteiger partial charge is 0.336 e. The van der Waals surface area contributed by atoms with Crippen LogP contribution in [0.15, 0.2) is 36.4 Å². The zero-order valence-electron chi connectivity index (χ0n) is 14.2. The van der Waals surface area contributed by atoms with E-state index in [1.807, 2.05) is 23.1 Å². The predicted molar refractivity (Wildman–Crippen MR) is 93.1 cm³/mol. The van der Waals surface area contributed by atoms with E-state index in [-0.39, 0.29) is 17.4 Å². The van der Waals surface area contributed by atoms with Gasteiger partial charge in [0, 0.05) is 38.6 Å². The van der Waals surface area contributed by atoms with Gasteiger partial charge in [-0.2, -0.15) is 0 Å². The Bertz CT molecular complexity index is 665. The van der Waals surface area contributed by atoms with Gasteiger partial charge in [0.2, 0.25) is 5.91 Å². The van der Waals surface area contributed by atoms with Crippen molar-refractivity contribution in [2.24, 2.45) is 5.92 Å². The summed E-state index contributed by atoms with van der Waals surface area (Å²) in [5, 5.41) is 19.6. The number of aromatic carboxylic acids is 1. The maximum atomic E-state index is 12.6. The molecular weight excluding hydrogens is 320 g/mol. The van der Waals surface area contributed by atoms with Crippen LogP contribution in [0.4, 0.5) is 0 Å². The maximum absolute atomic E-state index is 12.6. The molecular formula is C19H24N2O4. The summed E-state index contributed by atoms with van der Waals surface area (Å²) in [4.78, 5) is 27.7. The number of carbonyl (C=O) groups excluding carboxylic acids is 1. The van der Waals surface area contributed by atoms with Crippen LogP contribution in [-0.2, 0) is 11.3 Å². The number of allylic oxidation sites excluding steroid dienone is 2. The molecule has 1 heterocycles. The van der Waals surface area contributed by atoms with Crippen LogP contribution in [0.3, 0.4) is 0 Å². The van der Waals surface area contributed by atoms with E-state index < -0.39 is 12.1 Å². The van der Waals surface area contributed by atoms with Crippen LogP contribution in [-0.4, -0.2) is 64.2 Å². The summed E-state index contributed by atoms with van der Waals surface area (Å²) in [5.74, 6) is -0.833. The summed E-state index contributed by atoms with van der Waals surface area (Å²) in [6.45, 7) is 2.40. The van der Waals surface area contributed by atoms with Crippen molar-refractivity contribution >= 4 is 11.9 Å². The zero-order valence-corrected chi connectivity index (χ0v) is 14.2. The van der Waals surface area contributed by atoms with E-state index in [2.05, 4.69) is 0 Å². The largest absolute Gasteiger partial charge is 0.478 e. The first-order valence-electron chi connectivity index (χ1n) is 8.70. The molecule has 3 rings (SSSR count). The summed E-state index contributed by atoms with van der Waals surface area (Å²) in [5.41, 5.74) is 1.01. The van der Waals surface area contributed by atoms with Crippen LogP contribution in [0.1, 0.15) is 28.8 Å². The SMILES string of the molecule is O=C(O)c1ccccc1CN1CCN(C(=O)C2CC=CC2)CC(O)C1. The molecule has 1 aliphatic heterocycles. The van der Waals surface area contributed by atoms with Crippen LogP contribution < -0.4 is 0 Å². The molecule has 134 valence electrons. The lowest BCUT2D eigenvalue weighted by Gasteiger charge is -2.25. The first kappa shape index (κ1) is 17.6. The fourth-order valence-electron chi connectivity index (χ4n) is 3.58. The number of nitrogens with zero attached hydrogens (tertiary/aromatic N) is 2. The summed E-state index contributed by atoms with van der Waals surface area (Å²) in [7, 11) is 0. The number of aliphatic hydroxyl groups is 1. The Morgan fingerprint density at radius 3 is 2.52 bits per heavy atom. The lowest BCUT2D eigenvalue weighted by atomic mass is 10.1. The van der Waals surface area contributed by atoms with E-state index in [1.165, 1.54) is 0 Å². The van der Waals surface area contributed by atoms with Crippen molar-refractivity contribution in [3.05, 3.63) is 47.5 Å². The second kappa shape index (κ2) is 7.80. The fourth-order valence-corrected chi connectivity index (χ4v) is 3.58. The Hall–Kier alpha value is -2.18. The highest BCUT2D eigenvalue weighted by Crippen LogP contribution is 2.21. The third kappa shape index (κ3) is 4.27. The van der Waals surface area contributed by atoms with Crippen molar-refractivity contribution in [1.29, 1.82) is 0 Å². The molecule has 25 heavy (non-hydrogen) atoms. The van der Waals surface area contributed by atoms with Crippen LogP contribution in [0, 0.1) is 5.92 Å². The molecule has 6 heteroatoms. The van der Waals surface area contributed by atoms with Crippen molar-refractivity contribution in [2.75, 3.05) is 26.2 Å². The van der Waals surface area contributed by atoms with E-state index in [0.717, 1.165) is 18.4 Å². The van der Waals surface area contributed by atoms with Crippen LogP contribution >= 0.6 is 0 Å². The van der Waals surface area contributed by atoms with Crippen molar-refractivity contribution in [2.45, 2.75) is 25.5 Å². The van der Waals surface area contributed by atoms with Gasteiger partial charge in [0.15, 0.2) is 0 Å². The van der Waals surface area contributed by atoms with Crippen molar-refractivity contribution in [3.8, 4) is 0 Å². The van der Waals surface area contributed by atoms with Crippen molar-refractivity contribution in [3.63, 3.8) is 0 Å². The molecule has 2 N–H and O–H groups in total. The first-order chi connectivity index (χ1) is 12.0. The standard InChI is InChI=1S/C19H24N2O4/c22-16-12-20(11-15-7-3-4-8-17(15)19(24)25)9-10-21(13-16)18(23)14-5-1-2-6-14/h1-4,7-8,14,16,22H,5-6,9-13H2,(H,24,25). The normalized spacial score (nSPS) is 22.1. The van der Waals surface area contributed by atoms with Gasteiger partial charge in [-0.05, 0) is 24.5 Å². The Morgan fingerprint density at radius 1 is 1.08 bits per heavy atom. The topological polar surface area (TPSA) is 81.1 Å². The quantitative estimate of drug-likeness (QED) is 0.806. The highest BCUT2D eigenvalue weighted by molar-refractivity contribution is 5.89. The number of carbonyl (C=O) groups is 2.